The predicted octanol–water partition coefficient (Wildman–Crippen LogP) is 3.94. The highest BCUT2D eigenvalue weighted by atomic mass is 35.5. The first-order valence-corrected chi connectivity index (χ1v) is 6.97. The molecule has 0 saturated heterocycles. The first-order valence-electron chi connectivity index (χ1n) is 6.59. The summed E-state index contributed by atoms with van der Waals surface area (Å²) in [6.45, 7) is 0. The Balaban J connectivity index is 1.96. The van der Waals surface area contributed by atoms with Crippen molar-refractivity contribution >= 4 is 23.6 Å². The van der Waals surface area contributed by atoms with E-state index in [1.807, 2.05) is 0 Å². The quantitative estimate of drug-likeness (QED) is 0.836. The summed E-state index contributed by atoms with van der Waals surface area (Å²) in [6.07, 6.45) is 8.39. The number of hydrogen-bond donors (Lipinski definition) is 1. The summed E-state index contributed by atoms with van der Waals surface area (Å²) in [4.78, 5) is 11.7. The number of halogens is 2. The predicted molar refractivity (Wildman–Crippen MR) is 75.5 cm³/mol. The lowest BCUT2D eigenvalue weighted by molar-refractivity contribution is -0.117. The summed E-state index contributed by atoms with van der Waals surface area (Å²) in [7, 11) is 0. The van der Waals surface area contributed by atoms with E-state index < -0.39 is 5.82 Å². The Morgan fingerprint density at radius 3 is 2.74 bits per heavy atom. The fourth-order valence-corrected chi connectivity index (χ4v) is 2.55. The molecule has 1 fully saturated rings. The van der Waals surface area contributed by atoms with Gasteiger partial charge >= 0.3 is 0 Å². The SMILES string of the molecule is O=C(/C=C\c1c(F)cccc1Cl)NC1CCCCC1. The minimum Gasteiger partial charge on any atom is -0.350 e. The van der Waals surface area contributed by atoms with E-state index in [2.05, 4.69) is 5.32 Å². The molecule has 0 heterocycles. The molecule has 19 heavy (non-hydrogen) atoms. The van der Waals surface area contributed by atoms with Crippen molar-refractivity contribution in [3.05, 3.63) is 40.7 Å². The average molecular weight is 282 g/mol. The third kappa shape index (κ3) is 4.06. The van der Waals surface area contributed by atoms with E-state index in [4.69, 9.17) is 11.6 Å². The van der Waals surface area contributed by atoms with Crippen LogP contribution in [-0.4, -0.2) is 11.9 Å². The Morgan fingerprint density at radius 2 is 2.05 bits per heavy atom. The highest BCUT2D eigenvalue weighted by molar-refractivity contribution is 6.32. The van der Waals surface area contributed by atoms with Crippen LogP contribution >= 0.6 is 11.6 Å². The summed E-state index contributed by atoms with van der Waals surface area (Å²) in [5, 5.41) is 3.24. The van der Waals surface area contributed by atoms with Crippen LogP contribution in [0.5, 0.6) is 0 Å². The zero-order valence-corrected chi connectivity index (χ0v) is 11.4. The lowest BCUT2D eigenvalue weighted by atomic mass is 9.95. The van der Waals surface area contributed by atoms with Gasteiger partial charge in [0.2, 0.25) is 5.91 Å². The maximum atomic E-state index is 13.5. The second-order valence-electron chi connectivity index (χ2n) is 4.81. The van der Waals surface area contributed by atoms with Gasteiger partial charge in [0.15, 0.2) is 0 Å². The molecule has 1 amide bonds. The Hall–Kier alpha value is -1.35. The molecule has 0 aromatic heterocycles. The van der Waals surface area contributed by atoms with Crippen molar-refractivity contribution in [3.8, 4) is 0 Å². The number of hydrogen-bond acceptors (Lipinski definition) is 1. The summed E-state index contributed by atoms with van der Waals surface area (Å²) in [6, 6.07) is 4.72. The zero-order chi connectivity index (χ0) is 13.7. The Labute approximate surface area is 117 Å². The number of carbonyl (C=O) groups is 1. The number of nitrogens with one attached hydrogen (secondary N) is 1. The second kappa shape index (κ2) is 6.71. The molecule has 1 aliphatic rings. The van der Waals surface area contributed by atoms with Crippen LogP contribution in [0.15, 0.2) is 24.3 Å². The third-order valence-electron chi connectivity index (χ3n) is 3.35. The molecule has 2 rings (SSSR count). The molecule has 0 unspecified atom stereocenters. The van der Waals surface area contributed by atoms with Crippen molar-refractivity contribution < 1.29 is 9.18 Å². The number of carbonyl (C=O) groups excluding carboxylic acids is 1. The molecule has 0 radical (unpaired) electrons. The van der Waals surface area contributed by atoms with Crippen molar-refractivity contribution in [1.29, 1.82) is 0 Å². The van der Waals surface area contributed by atoms with E-state index in [0.717, 1.165) is 25.7 Å². The highest BCUT2D eigenvalue weighted by Crippen LogP contribution is 2.20. The van der Waals surface area contributed by atoms with Crippen LogP contribution in [0.3, 0.4) is 0 Å². The number of amides is 1. The van der Waals surface area contributed by atoms with Crippen LogP contribution in [0.1, 0.15) is 37.7 Å². The van der Waals surface area contributed by atoms with Crippen LogP contribution < -0.4 is 5.32 Å². The summed E-state index contributed by atoms with van der Waals surface area (Å²) < 4.78 is 13.5. The van der Waals surface area contributed by atoms with Gasteiger partial charge in [-0.15, -0.1) is 0 Å². The standard InChI is InChI=1S/C15H17ClFNO/c16-13-7-4-8-14(17)12(13)9-10-15(19)18-11-5-2-1-3-6-11/h4,7-11H,1-3,5-6H2,(H,18,19)/b10-9-. The van der Waals surface area contributed by atoms with Crippen LogP contribution in [0.2, 0.25) is 5.02 Å². The van der Waals surface area contributed by atoms with Gasteiger partial charge in [0.1, 0.15) is 5.82 Å². The van der Waals surface area contributed by atoms with Crippen molar-refractivity contribution in [2.75, 3.05) is 0 Å². The van der Waals surface area contributed by atoms with Gasteiger partial charge in [0.25, 0.3) is 0 Å². The van der Waals surface area contributed by atoms with Crippen LogP contribution in [-0.2, 0) is 4.79 Å². The monoisotopic (exact) mass is 281 g/mol. The van der Waals surface area contributed by atoms with Crippen molar-refractivity contribution in [3.63, 3.8) is 0 Å². The van der Waals surface area contributed by atoms with Crippen molar-refractivity contribution in [1.82, 2.24) is 5.32 Å². The van der Waals surface area contributed by atoms with Crippen LogP contribution in [0.4, 0.5) is 4.39 Å². The molecule has 0 atom stereocenters. The van der Waals surface area contributed by atoms with Gasteiger partial charge in [-0.3, -0.25) is 4.79 Å². The van der Waals surface area contributed by atoms with Gasteiger partial charge in [-0.05, 0) is 31.1 Å². The van der Waals surface area contributed by atoms with Gasteiger partial charge in [0.05, 0.1) is 5.02 Å². The fourth-order valence-electron chi connectivity index (χ4n) is 2.33. The van der Waals surface area contributed by atoms with E-state index in [1.54, 1.807) is 6.07 Å². The zero-order valence-electron chi connectivity index (χ0n) is 10.7. The van der Waals surface area contributed by atoms with E-state index >= 15 is 0 Å². The van der Waals surface area contributed by atoms with Gasteiger partial charge < -0.3 is 5.32 Å². The Bertz CT molecular complexity index is 461. The lowest BCUT2D eigenvalue weighted by Crippen LogP contribution is -2.34. The van der Waals surface area contributed by atoms with Crippen LogP contribution in [0.25, 0.3) is 6.08 Å². The molecule has 0 bridgehead atoms. The average Bonchev–Trinajstić information content (AvgIpc) is 2.39. The highest BCUT2D eigenvalue weighted by Gasteiger charge is 2.14. The van der Waals surface area contributed by atoms with Gasteiger partial charge in [-0.25, -0.2) is 4.39 Å². The van der Waals surface area contributed by atoms with Gasteiger partial charge in [-0.1, -0.05) is 36.9 Å². The molecule has 1 aliphatic carbocycles. The van der Waals surface area contributed by atoms with Crippen molar-refractivity contribution in [2.24, 2.45) is 0 Å². The molecular weight excluding hydrogens is 265 g/mol. The maximum Gasteiger partial charge on any atom is 0.244 e. The summed E-state index contributed by atoms with van der Waals surface area (Å²) in [5.41, 5.74) is 0.253. The van der Waals surface area contributed by atoms with Crippen molar-refractivity contribution in [2.45, 2.75) is 38.1 Å². The van der Waals surface area contributed by atoms with Gasteiger partial charge in [-0.2, -0.15) is 0 Å². The lowest BCUT2D eigenvalue weighted by Gasteiger charge is -2.21. The molecular formula is C15H17ClFNO. The second-order valence-corrected chi connectivity index (χ2v) is 5.22. The van der Waals surface area contributed by atoms with E-state index in [1.165, 1.54) is 30.7 Å². The molecule has 0 spiro atoms. The third-order valence-corrected chi connectivity index (χ3v) is 3.68. The van der Waals surface area contributed by atoms with E-state index in [9.17, 15) is 9.18 Å². The molecule has 1 aromatic rings. The Kier molecular flexibility index (Phi) is 4.97. The smallest absolute Gasteiger partial charge is 0.244 e. The molecule has 2 nitrogen and oxygen atoms in total. The molecule has 1 saturated carbocycles. The first kappa shape index (κ1) is 14.1. The van der Waals surface area contributed by atoms with Crippen LogP contribution in [0, 0.1) is 5.82 Å². The summed E-state index contributed by atoms with van der Waals surface area (Å²) in [5.74, 6) is -0.611. The minimum absolute atomic E-state index is 0.189. The normalized spacial score (nSPS) is 16.7. The number of benzene rings is 1. The molecule has 102 valence electrons. The largest absolute Gasteiger partial charge is 0.350 e. The molecule has 0 aliphatic heterocycles. The van der Waals surface area contributed by atoms with Gasteiger partial charge in [0, 0.05) is 17.7 Å². The minimum atomic E-state index is -0.422. The topological polar surface area (TPSA) is 29.1 Å². The Morgan fingerprint density at radius 1 is 1.32 bits per heavy atom. The fraction of sp³-hybridized carbons (Fsp3) is 0.400. The first-order chi connectivity index (χ1) is 9.16. The molecule has 1 aromatic carbocycles. The maximum absolute atomic E-state index is 13.5. The molecule has 1 N–H and O–H groups in total. The van der Waals surface area contributed by atoms with E-state index in [-0.39, 0.29) is 17.5 Å². The summed E-state index contributed by atoms with van der Waals surface area (Å²) >= 11 is 5.88. The van der Waals surface area contributed by atoms with E-state index in [0.29, 0.717) is 5.02 Å². The molecule has 4 heteroatoms. The number of rotatable bonds is 3.